The number of aliphatic hydroxyl groups excluding tert-OH is 2. The van der Waals surface area contributed by atoms with Crippen molar-refractivity contribution in [1.82, 2.24) is 14.9 Å². The van der Waals surface area contributed by atoms with Gasteiger partial charge in [-0.05, 0) is 52.2 Å². The number of nitrogens with one attached hydrogen (secondary N) is 1. The van der Waals surface area contributed by atoms with Crippen molar-refractivity contribution >= 4 is 39.3 Å². The maximum absolute atomic E-state index is 10.2. The minimum atomic E-state index is -0.572. The minimum absolute atomic E-state index is 0.0768. The average Bonchev–Trinajstić information content (AvgIpc) is 2.79. The maximum atomic E-state index is 10.2. The molecule has 104 valence electrons. The van der Waals surface area contributed by atoms with Crippen LogP contribution in [0.1, 0.15) is 17.2 Å². The quantitative estimate of drug-likeness (QED) is 0.398. The molecule has 7 heteroatoms. The topological polar surface area (TPSA) is 70.3 Å². The molecule has 0 radical (unpaired) electrons. The third kappa shape index (κ3) is 3.44. The third-order valence-electron chi connectivity index (χ3n) is 3.02. The van der Waals surface area contributed by atoms with Crippen LogP contribution in [0.5, 0.6) is 0 Å². The zero-order chi connectivity index (χ0) is 13.8. The maximum Gasteiger partial charge on any atom is 0.0917 e. The van der Waals surface area contributed by atoms with Crippen molar-refractivity contribution < 1.29 is 10.2 Å². The lowest BCUT2D eigenvalue weighted by atomic mass is 10.0. The van der Waals surface area contributed by atoms with E-state index < -0.39 is 6.10 Å². The lowest BCUT2D eigenvalue weighted by molar-refractivity contribution is 0.170. The molecule has 19 heavy (non-hydrogen) atoms. The largest absolute Gasteiger partial charge is 0.395 e. The molecule has 0 saturated heterocycles. The van der Waals surface area contributed by atoms with Crippen LogP contribution >= 0.6 is 28.4 Å². The van der Waals surface area contributed by atoms with E-state index in [1.54, 1.807) is 0 Å². The van der Waals surface area contributed by atoms with Crippen molar-refractivity contribution in [2.45, 2.75) is 13.0 Å². The number of benzene rings is 1. The fourth-order valence-electron chi connectivity index (χ4n) is 2.06. The van der Waals surface area contributed by atoms with Gasteiger partial charge in [0, 0.05) is 18.5 Å². The van der Waals surface area contributed by atoms with Crippen LogP contribution in [0, 0.1) is 6.92 Å². The Bertz CT molecular complexity index is 561. The van der Waals surface area contributed by atoms with Crippen LogP contribution in [0.15, 0.2) is 18.3 Å². The Morgan fingerprint density at radius 2 is 2.32 bits per heavy atom. The predicted octanol–water partition coefficient (Wildman–Crippen LogP) is 1.75. The van der Waals surface area contributed by atoms with Crippen molar-refractivity contribution in [2.75, 3.05) is 19.7 Å². The summed E-state index contributed by atoms with van der Waals surface area (Å²) in [5, 5.41) is 27.4. The fraction of sp³-hybridized carbons (Fsp3) is 0.417. The van der Waals surface area contributed by atoms with E-state index in [0.29, 0.717) is 19.5 Å². The molecule has 2 aromatic rings. The zero-order valence-electron chi connectivity index (χ0n) is 10.6. The molecule has 1 heterocycles. The molecule has 1 aromatic carbocycles. The van der Waals surface area contributed by atoms with Crippen molar-refractivity contribution in [1.29, 1.82) is 0 Å². The molecule has 0 aliphatic rings. The van der Waals surface area contributed by atoms with Crippen LogP contribution in [-0.2, 0) is 0 Å². The first kappa shape index (κ1) is 15.1. The Morgan fingerprint density at radius 3 is 3.00 bits per heavy atom. The first-order chi connectivity index (χ1) is 9.17. The summed E-state index contributed by atoms with van der Waals surface area (Å²) in [5.41, 5.74) is 3.02. The molecule has 3 N–H and O–H groups in total. The first-order valence-corrected chi connectivity index (χ1v) is 10.1. The highest BCUT2D eigenvalue weighted by molar-refractivity contribution is 14.2. The van der Waals surface area contributed by atoms with Gasteiger partial charge in [0.1, 0.15) is 0 Å². The molecule has 0 aliphatic carbocycles. The molecule has 0 saturated carbocycles. The number of hydrogen-bond acceptors (Lipinski definition) is 4. The summed E-state index contributed by atoms with van der Waals surface area (Å²) in [6, 6.07) is 4.06. The molecule has 2 rings (SSSR count). The number of aryl methyl sites for hydroxylation is 1. The Morgan fingerprint density at radius 1 is 1.53 bits per heavy atom. The summed E-state index contributed by atoms with van der Waals surface area (Å²) < 4.78 is 1.94. The van der Waals surface area contributed by atoms with Crippen molar-refractivity contribution in [3.05, 3.63) is 29.5 Å². The Balaban J connectivity index is 2.28. The van der Waals surface area contributed by atoms with Gasteiger partial charge in [-0.2, -0.15) is 5.10 Å². The lowest BCUT2D eigenvalue weighted by Gasteiger charge is -2.15. The van der Waals surface area contributed by atoms with Gasteiger partial charge in [0.05, 0.1) is 30.8 Å². The number of aliphatic hydroxyl groups is 2. The summed E-state index contributed by atoms with van der Waals surface area (Å²) in [6.07, 6.45) is 1.82. The molecule has 1 aromatic heterocycles. The molecular formula is C12H17IN3O2P. The highest BCUT2D eigenvalue weighted by Crippen LogP contribution is 2.31. The summed E-state index contributed by atoms with van der Waals surface area (Å²) >= 11 is 2.29. The predicted molar refractivity (Wildman–Crippen MR) is 87.1 cm³/mol. The van der Waals surface area contributed by atoms with E-state index in [9.17, 15) is 5.11 Å². The Kier molecular flexibility index (Phi) is 5.53. The van der Waals surface area contributed by atoms with E-state index >= 15 is 0 Å². The number of fused-ring (bicyclic) bond motifs is 1. The number of hydrogen-bond donors (Lipinski definition) is 3. The van der Waals surface area contributed by atoms with Gasteiger partial charge in [0.2, 0.25) is 0 Å². The molecule has 5 nitrogen and oxygen atoms in total. The SMILES string of the molecule is Cc1cc2cnn(PI)c2cc1C(O)CNCCO. The molecular weight excluding hydrogens is 376 g/mol. The van der Waals surface area contributed by atoms with E-state index in [1.165, 1.54) is 0 Å². The molecule has 2 atom stereocenters. The minimum Gasteiger partial charge on any atom is -0.395 e. The summed E-state index contributed by atoms with van der Waals surface area (Å²) in [7, 11) is 0. The van der Waals surface area contributed by atoms with Crippen LogP contribution in [-0.4, -0.2) is 39.5 Å². The standard InChI is InChI=1S/C12H17IN3O2P/c1-8-4-9-6-15-16(19-13)11(9)5-10(8)12(18)7-14-2-3-17/h4-6,12,14,17-19H,2-3,7H2,1H3. The highest BCUT2D eigenvalue weighted by atomic mass is 127. The molecule has 0 fully saturated rings. The number of halogens is 1. The van der Waals surface area contributed by atoms with Crippen LogP contribution in [0.3, 0.4) is 0 Å². The summed E-state index contributed by atoms with van der Waals surface area (Å²) in [5.74, 6) is 0. The number of aromatic nitrogens is 2. The summed E-state index contributed by atoms with van der Waals surface area (Å²) in [6.45, 7) is 3.00. The van der Waals surface area contributed by atoms with Crippen molar-refractivity contribution in [3.63, 3.8) is 0 Å². The second-order valence-electron chi connectivity index (χ2n) is 4.35. The van der Waals surface area contributed by atoms with E-state index in [-0.39, 0.29) is 6.61 Å². The monoisotopic (exact) mass is 393 g/mol. The smallest absolute Gasteiger partial charge is 0.0917 e. The highest BCUT2D eigenvalue weighted by Gasteiger charge is 2.13. The van der Waals surface area contributed by atoms with E-state index in [2.05, 4.69) is 38.5 Å². The second kappa shape index (κ2) is 6.95. The van der Waals surface area contributed by atoms with E-state index in [1.807, 2.05) is 23.6 Å². The van der Waals surface area contributed by atoms with Crippen molar-refractivity contribution in [3.8, 4) is 0 Å². The van der Waals surface area contributed by atoms with Gasteiger partial charge in [-0.1, -0.05) is 0 Å². The zero-order valence-corrected chi connectivity index (χ0v) is 13.8. The van der Waals surface area contributed by atoms with Gasteiger partial charge in [-0.25, -0.2) is 4.45 Å². The normalized spacial score (nSPS) is 13.7. The van der Waals surface area contributed by atoms with E-state index in [0.717, 1.165) is 22.0 Å². The molecule has 2 unspecified atom stereocenters. The van der Waals surface area contributed by atoms with Gasteiger partial charge in [0.15, 0.2) is 0 Å². The molecule has 0 bridgehead atoms. The molecule has 0 spiro atoms. The fourth-order valence-corrected chi connectivity index (χ4v) is 3.60. The van der Waals surface area contributed by atoms with Gasteiger partial charge in [0.25, 0.3) is 0 Å². The van der Waals surface area contributed by atoms with Crippen LogP contribution in [0.25, 0.3) is 10.9 Å². The van der Waals surface area contributed by atoms with Gasteiger partial charge >= 0.3 is 0 Å². The Hall–Kier alpha value is -0.270. The molecule has 0 aliphatic heterocycles. The second-order valence-corrected chi connectivity index (χ2v) is 6.39. The van der Waals surface area contributed by atoms with Crippen molar-refractivity contribution in [2.24, 2.45) is 0 Å². The van der Waals surface area contributed by atoms with Crippen LogP contribution in [0.4, 0.5) is 0 Å². The van der Waals surface area contributed by atoms with Crippen LogP contribution in [0.2, 0.25) is 0 Å². The molecule has 0 amide bonds. The lowest BCUT2D eigenvalue weighted by Crippen LogP contribution is -2.24. The van der Waals surface area contributed by atoms with Gasteiger partial charge in [-0.15, -0.1) is 0 Å². The Labute approximate surface area is 126 Å². The number of nitrogens with zero attached hydrogens (tertiary/aromatic N) is 2. The first-order valence-electron chi connectivity index (χ1n) is 6.02. The number of rotatable bonds is 6. The third-order valence-corrected chi connectivity index (χ3v) is 4.91. The van der Waals surface area contributed by atoms with E-state index in [4.69, 9.17) is 5.11 Å². The van der Waals surface area contributed by atoms with Gasteiger partial charge in [-0.3, -0.25) is 0 Å². The average molecular weight is 393 g/mol. The summed E-state index contributed by atoms with van der Waals surface area (Å²) in [4.78, 5) is 0. The van der Waals surface area contributed by atoms with Crippen LogP contribution < -0.4 is 5.32 Å². The van der Waals surface area contributed by atoms with Gasteiger partial charge < -0.3 is 15.5 Å².